The molecule has 2 heterocycles. The highest BCUT2D eigenvalue weighted by Crippen LogP contribution is 2.35. The Hall–Kier alpha value is -2.03. The first-order valence-corrected chi connectivity index (χ1v) is 9.27. The molecule has 1 spiro atoms. The molecule has 9 nitrogen and oxygen atoms in total. The highest BCUT2D eigenvalue weighted by molar-refractivity contribution is 5.86. The number of alkyl halides is 2. The van der Waals surface area contributed by atoms with Gasteiger partial charge in [0.15, 0.2) is 5.79 Å². The number of nitrogens with zero attached hydrogens (tertiary/aromatic N) is 2. The van der Waals surface area contributed by atoms with Crippen molar-refractivity contribution >= 4 is 12.0 Å². The Morgan fingerprint density at radius 1 is 1.25 bits per heavy atom. The van der Waals surface area contributed by atoms with E-state index in [9.17, 15) is 18.4 Å². The number of nitrogens with one attached hydrogen (secondary N) is 2. The van der Waals surface area contributed by atoms with Gasteiger partial charge < -0.3 is 24.9 Å². The van der Waals surface area contributed by atoms with Crippen molar-refractivity contribution in [1.82, 2.24) is 15.7 Å². The topological polar surface area (TPSA) is 113 Å². The molecule has 1 atom stereocenters. The molecule has 11 heteroatoms. The van der Waals surface area contributed by atoms with Gasteiger partial charge in [0.25, 0.3) is 0 Å². The summed E-state index contributed by atoms with van der Waals surface area (Å²) in [6.45, 7) is 2.40. The molecule has 3 aliphatic rings. The van der Waals surface area contributed by atoms with Gasteiger partial charge in [0.2, 0.25) is 11.8 Å². The van der Waals surface area contributed by atoms with Gasteiger partial charge in [-0.15, -0.1) is 5.06 Å². The lowest BCUT2D eigenvalue weighted by molar-refractivity contribution is -0.223. The molecule has 0 unspecified atom stereocenters. The summed E-state index contributed by atoms with van der Waals surface area (Å²) in [5, 5.41) is 15.1. The molecule has 2 N–H and O–H groups in total. The minimum atomic E-state index is -3.19. The lowest BCUT2D eigenvalue weighted by atomic mass is 10.1. The zero-order chi connectivity index (χ0) is 20.4. The largest absolute Gasteiger partial charge is 0.426 e. The number of piperidine rings is 1. The summed E-state index contributed by atoms with van der Waals surface area (Å²) in [6.07, 6.45) is 0.00295. The average Bonchev–Trinajstić information content (AvgIpc) is 3.25. The zero-order valence-electron chi connectivity index (χ0n) is 15.6. The van der Waals surface area contributed by atoms with Crippen molar-refractivity contribution in [2.24, 2.45) is 0 Å². The van der Waals surface area contributed by atoms with Crippen LogP contribution in [0.1, 0.15) is 39.0 Å². The van der Waals surface area contributed by atoms with Crippen LogP contribution in [0.25, 0.3) is 0 Å². The van der Waals surface area contributed by atoms with E-state index in [0.29, 0.717) is 58.9 Å². The number of amides is 2. The molecule has 3 fully saturated rings. The van der Waals surface area contributed by atoms with Gasteiger partial charge in [-0.3, -0.25) is 4.79 Å². The van der Waals surface area contributed by atoms with E-state index >= 15 is 0 Å². The van der Waals surface area contributed by atoms with E-state index in [1.807, 2.05) is 6.07 Å². The smallest absolute Gasteiger partial charge is 0.351 e. The minimum absolute atomic E-state index is 0.353. The van der Waals surface area contributed by atoms with E-state index in [0.717, 1.165) is 0 Å². The second kappa shape index (κ2) is 7.77. The molecule has 156 valence electrons. The maximum atomic E-state index is 13.5. The molecule has 0 aromatic rings. The molecule has 3 rings (SSSR count). The molecule has 2 aliphatic heterocycles. The number of ether oxygens (including phenoxy) is 2. The molecule has 2 saturated heterocycles. The van der Waals surface area contributed by atoms with Gasteiger partial charge in [-0.05, 0) is 19.8 Å². The number of halogens is 2. The third-order valence-electron chi connectivity index (χ3n) is 5.01. The van der Waals surface area contributed by atoms with Crippen LogP contribution in [0.15, 0.2) is 0 Å². The Bertz CT molecular complexity index is 643. The molecule has 0 aromatic heterocycles. The van der Waals surface area contributed by atoms with Gasteiger partial charge in [0.05, 0.1) is 19.3 Å². The zero-order valence-corrected chi connectivity index (χ0v) is 15.6. The summed E-state index contributed by atoms with van der Waals surface area (Å²) in [5.41, 5.74) is -1.02. The first-order valence-electron chi connectivity index (χ1n) is 9.27. The molecule has 0 aromatic carbocycles. The SMILES string of the molecule is CC(F)(F)C[C@H](NC(=O)ON1CCC2(CC1)OCCO2)C(=O)NC1(C#N)CC1. The van der Waals surface area contributed by atoms with Gasteiger partial charge in [-0.1, -0.05) is 0 Å². The van der Waals surface area contributed by atoms with Crippen molar-refractivity contribution in [1.29, 1.82) is 5.26 Å². The number of hydroxylamine groups is 2. The van der Waals surface area contributed by atoms with Crippen LogP contribution in [0.5, 0.6) is 0 Å². The van der Waals surface area contributed by atoms with Gasteiger partial charge >= 0.3 is 6.09 Å². The number of carbonyl (C=O) groups is 2. The third kappa shape index (κ3) is 5.27. The number of hydrogen-bond acceptors (Lipinski definition) is 7. The van der Waals surface area contributed by atoms with E-state index in [2.05, 4.69) is 10.6 Å². The Morgan fingerprint density at radius 3 is 2.36 bits per heavy atom. The van der Waals surface area contributed by atoms with Crippen molar-refractivity contribution in [3.05, 3.63) is 0 Å². The van der Waals surface area contributed by atoms with Crippen molar-refractivity contribution < 1.29 is 32.7 Å². The summed E-state index contributed by atoms with van der Waals surface area (Å²) < 4.78 is 38.1. The first kappa shape index (κ1) is 20.7. The molecule has 0 radical (unpaired) electrons. The van der Waals surface area contributed by atoms with E-state index in [1.165, 1.54) is 5.06 Å². The molecule has 1 aliphatic carbocycles. The highest BCUT2D eigenvalue weighted by atomic mass is 19.3. The van der Waals surface area contributed by atoms with Crippen LogP contribution in [-0.2, 0) is 19.1 Å². The lowest BCUT2D eigenvalue weighted by Gasteiger charge is -2.36. The highest BCUT2D eigenvalue weighted by Gasteiger charge is 2.47. The first-order chi connectivity index (χ1) is 13.1. The fourth-order valence-electron chi connectivity index (χ4n) is 3.27. The Morgan fingerprint density at radius 2 is 1.86 bits per heavy atom. The van der Waals surface area contributed by atoms with Gasteiger partial charge in [-0.25, -0.2) is 13.6 Å². The summed E-state index contributed by atoms with van der Waals surface area (Å²) >= 11 is 0. The number of rotatable bonds is 6. The van der Waals surface area contributed by atoms with E-state index < -0.39 is 41.7 Å². The van der Waals surface area contributed by atoms with Crippen molar-refractivity contribution in [3.8, 4) is 6.07 Å². The Kier molecular flexibility index (Phi) is 5.74. The summed E-state index contributed by atoms with van der Waals surface area (Å²) in [5.74, 6) is -4.66. The van der Waals surface area contributed by atoms with Crippen LogP contribution < -0.4 is 10.6 Å². The summed E-state index contributed by atoms with van der Waals surface area (Å²) in [4.78, 5) is 29.6. The molecule has 0 bridgehead atoms. The predicted molar refractivity (Wildman–Crippen MR) is 89.8 cm³/mol. The number of hydrogen-bond donors (Lipinski definition) is 2. The van der Waals surface area contributed by atoms with E-state index in [-0.39, 0.29) is 0 Å². The van der Waals surface area contributed by atoms with Crippen LogP contribution >= 0.6 is 0 Å². The number of carbonyl (C=O) groups excluding carboxylic acids is 2. The normalized spacial score (nSPS) is 24.2. The maximum absolute atomic E-state index is 13.5. The molecule has 2 amide bonds. The van der Waals surface area contributed by atoms with Gasteiger partial charge in [0.1, 0.15) is 11.6 Å². The van der Waals surface area contributed by atoms with Crippen molar-refractivity contribution in [2.75, 3.05) is 26.3 Å². The molecule has 28 heavy (non-hydrogen) atoms. The third-order valence-corrected chi connectivity index (χ3v) is 5.01. The molecule has 1 saturated carbocycles. The fourth-order valence-corrected chi connectivity index (χ4v) is 3.27. The van der Waals surface area contributed by atoms with Gasteiger partial charge in [0, 0.05) is 32.4 Å². The predicted octanol–water partition coefficient (Wildman–Crippen LogP) is 1.05. The number of nitriles is 1. The Balaban J connectivity index is 1.52. The molecular weight excluding hydrogens is 378 g/mol. The van der Waals surface area contributed by atoms with Crippen molar-refractivity contribution in [3.63, 3.8) is 0 Å². The van der Waals surface area contributed by atoms with Crippen LogP contribution in [0, 0.1) is 11.3 Å². The van der Waals surface area contributed by atoms with E-state index in [1.54, 1.807) is 0 Å². The van der Waals surface area contributed by atoms with E-state index in [4.69, 9.17) is 19.6 Å². The molecular formula is C17H24F2N4O5. The minimum Gasteiger partial charge on any atom is -0.351 e. The quantitative estimate of drug-likeness (QED) is 0.683. The average molecular weight is 402 g/mol. The van der Waals surface area contributed by atoms with Crippen LogP contribution in [-0.4, -0.2) is 66.7 Å². The standard InChI is InChI=1S/C17H24F2N4O5/c1-15(18,19)10-12(13(24)22-16(11-20)2-3-16)21-14(25)28-23-6-4-17(5-7-23)26-8-9-27-17/h12H,2-10H2,1H3,(H,21,25)(H,22,24)/t12-/m0/s1. The summed E-state index contributed by atoms with van der Waals surface area (Å²) in [7, 11) is 0. The lowest BCUT2D eigenvalue weighted by Crippen LogP contribution is -2.53. The van der Waals surface area contributed by atoms with Crippen LogP contribution in [0.2, 0.25) is 0 Å². The fraction of sp³-hybridized carbons (Fsp3) is 0.824. The van der Waals surface area contributed by atoms with Gasteiger partial charge in [-0.2, -0.15) is 5.26 Å². The summed E-state index contributed by atoms with van der Waals surface area (Å²) in [6, 6.07) is 0.431. The van der Waals surface area contributed by atoms with Crippen LogP contribution in [0.4, 0.5) is 13.6 Å². The van der Waals surface area contributed by atoms with Crippen molar-refractivity contribution in [2.45, 2.75) is 62.3 Å². The monoisotopic (exact) mass is 402 g/mol. The second-order valence-corrected chi connectivity index (χ2v) is 7.57. The Labute approximate surface area is 161 Å². The maximum Gasteiger partial charge on any atom is 0.426 e. The second-order valence-electron chi connectivity index (χ2n) is 7.57. The van der Waals surface area contributed by atoms with Crippen LogP contribution in [0.3, 0.4) is 0 Å².